The van der Waals surface area contributed by atoms with Crippen molar-refractivity contribution < 1.29 is 23.5 Å². The van der Waals surface area contributed by atoms with E-state index in [1.54, 1.807) is 0 Å². The molecule has 1 aliphatic heterocycles. The molecule has 0 aromatic rings. The number of esters is 2. The molecule has 0 spiro atoms. The molecule has 21 heavy (non-hydrogen) atoms. The van der Waals surface area contributed by atoms with E-state index >= 15 is 0 Å². The summed E-state index contributed by atoms with van der Waals surface area (Å²) in [5.41, 5.74) is 0. The summed E-state index contributed by atoms with van der Waals surface area (Å²) in [6, 6.07) is 0. The van der Waals surface area contributed by atoms with Crippen LogP contribution in [0.5, 0.6) is 0 Å². The molecular formula is C15H31N2O4+. The van der Waals surface area contributed by atoms with E-state index in [0.717, 1.165) is 13.0 Å². The molecule has 1 unspecified atom stereocenters. The molecule has 1 rings (SSSR count). The van der Waals surface area contributed by atoms with Gasteiger partial charge in [0, 0.05) is 19.6 Å². The van der Waals surface area contributed by atoms with Crippen LogP contribution < -0.4 is 0 Å². The van der Waals surface area contributed by atoms with Crippen LogP contribution >= 0.6 is 0 Å². The van der Waals surface area contributed by atoms with Crippen LogP contribution in [0.2, 0.25) is 0 Å². The van der Waals surface area contributed by atoms with Crippen LogP contribution in [0, 0.1) is 0 Å². The fourth-order valence-electron chi connectivity index (χ4n) is 2.06. The van der Waals surface area contributed by atoms with Crippen LogP contribution in [-0.2, 0) is 19.1 Å². The quantitative estimate of drug-likeness (QED) is 0.539. The number of nitrogens with zero attached hydrogens (tertiary/aromatic N) is 2. The normalized spacial score (nSPS) is 18.7. The van der Waals surface area contributed by atoms with Crippen LogP contribution in [-0.4, -0.2) is 81.9 Å². The van der Waals surface area contributed by atoms with Gasteiger partial charge in [0.1, 0.15) is 6.10 Å². The molecular weight excluding hydrogens is 272 g/mol. The third-order valence-electron chi connectivity index (χ3n) is 2.99. The zero-order chi connectivity index (χ0) is 16.5. The molecule has 0 aliphatic carbocycles. The Morgan fingerprint density at radius 2 is 1.81 bits per heavy atom. The van der Waals surface area contributed by atoms with E-state index < -0.39 is 0 Å². The summed E-state index contributed by atoms with van der Waals surface area (Å²) in [4.78, 5) is 24.9. The van der Waals surface area contributed by atoms with Crippen LogP contribution in [0.1, 0.15) is 26.7 Å². The van der Waals surface area contributed by atoms with Crippen LogP contribution in [0.4, 0.5) is 0 Å². The zero-order valence-electron chi connectivity index (χ0n) is 14.3. The lowest BCUT2D eigenvalue weighted by Crippen LogP contribution is -2.41. The number of rotatable bonds is 6. The minimum absolute atomic E-state index is 0.0447. The topological polar surface area (TPSA) is 55.8 Å². The molecule has 0 N–H and O–H groups in total. The number of quaternary nitrogens is 1. The SMILES string of the molecule is CC.COC(=O)CCN1CCC(OC(=O)C[N+](C)(C)C)C1. The van der Waals surface area contributed by atoms with Crippen molar-refractivity contribution in [3.8, 4) is 0 Å². The highest BCUT2D eigenvalue weighted by Crippen LogP contribution is 2.13. The fourth-order valence-corrected chi connectivity index (χ4v) is 2.06. The Morgan fingerprint density at radius 3 is 2.33 bits per heavy atom. The lowest BCUT2D eigenvalue weighted by Gasteiger charge is -2.23. The first-order chi connectivity index (χ1) is 9.80. The van der Waals surface area contributed by atoms with E-state index in [0.29, 0.717) is 30.5 Å². The Balaban J connectivity index is 0.00000191. The Morgan fingerprint density at radius 1 is 1.19 bits per heavy atom. The van der Waals surface area contributed by atoms with E-state index in [4.69, 9.17) is 4.74 Å². The summed E-state index contributed by atoms with van der Waals surface area (Å²) in [5.74, 6) is -0.363. The van der Waals surface area contributed by atoms with E-state index in [-0.39, 0.29) is 18.0 Å². The lowest BCUT2D eigenvalue weighted by molar-refractivity contribution is -0.862. The van der Waals surface area contributed by atoms with E-state index in [1.807, 2.05) is 35.0 Å². The lowest BCUT2D eigenvalue weighted by atomic mass is 10.3. The van der Waals surface area contributed by atoms with Gasteiger partial charge in [-0.05, 0) is 6.42 Å². The van der Waals surface area contributed by atoms with E-state index in [1.165, 1.54) is 7.11 Å². The van der Waals surface area contributed by atoms with E-state index in [9.17, 15) is 9.59 Å². The van der Waals surface area contributed by atoms with E-state index in [2.05, 4.69) is 9.64 Å². The number of carbonyl (C=O) groups is 2. The highest BCUT2D eigenvalue weighted by molar-refractivity contribution is 5.71. The molecule has 1 saturated heterocycles. The van der Waals surface area contributed by atoms with Gasteiger partial charge < -0.3 is 14.0 Å². The first-order valence-corrected chi connectivity index (χ1v) is 7.59. The summed E-state index contributed by atoms with van der Waals surface area (Å²) in [6.07, 6.45) is 1.18. The minimum atomic E-state index is -0.203. The van der Waals surface area contributed by atoms with Gasteiger partial charge in [-0.3, -0.25) is 9.69 Å². The molecule has 1 aliphatic rings. The Bertz CT molecular complexity index is 326. The number of hydrogen-bond donors (Lipinski definition) is 0. The Hall–Kier alpha value is -1.14. The van der Waals surface area contributed by atoms with Gasteiger partial charge in [0.05, 0.1) is 34.7 Å². The van der Waals surface area contributed by atoms with Gasteiger partial charge in [-0.1, -0.05) is 13.8 Å². The number of carbonyl (C=O) groups excluding carboxylic acids is 2. The van der Waals surface area contributed by atoms with Crippen LogP contribution in [0.25, 0.3) is 0 Å². The molecule has 0 amide bonds. The second-order valence-electron chi connectivity index (χ2n) is 5.98. The number of likely N-dealkylation sites (tertiary alicyclic amines) is 1. The van der Waals surface area contributed by atoms with Gasteiger partial charge in [0.15, 0.2) is 6.54 Å². The van der Waals surface area contributed by atoms with Gasteiger partial charge in [-0.25, -0.2) is 4.79 Å². The first kappa shape index (κ1) is 19.9. The zero-order valence-corrected chi connectivity index (χ0v) is 14.3. The molecule has 124 valence electrons. The molecule has 1 atom stereocenters. The standard InChI is InChI=1S/C13H25N2O4.C2H6/c1-15(2,3)10-13(17)19-11-5-7-14(9-11)8-6-12(16)18-4;1-2/h11H,5-10H2,1-4H3;1-2H3/q+1;. The summed E-state index contributed by atoms with van der Waals surface area (Å²) in [7, 11) is 7.26. The van der Waals surface area contributed by atoms with Crippen molar-refractivity contribution >= 4 is 11.9 Å². The predicted octanol–water partition coefficient (Wildman–Crippen LogP) is 0.899. The van der Waals surface area contributed by atoms with Gasteiger partial charge in [-0.15, -0.1) is 0 Å². The van der Waals surface area contributed by atoms with Crippen molar-refractivity contribution in [1.82, 2.24) is 4.90 Å². The third kappa shape index (κ3) is 9.42. The second-order valence-corrected chi connectivity index (χ2v) is 5.98. The fraction of sp³-hybridized carbons (Fsp3) is 0.867. The smallest absolute Gasteiger partial charge is 0.362 e. The minimum Gasteiger partial charge on any atom is -0.469 e. The number of ether oxygens (including phenoxy) is 2. The first-order valence-electron chi connectivity index (χ1n) is 7.59. The van der Waals surface area contributed by atoms with Crippen molar-refractivity contribution in [3.05, 3.63) is 0 Å². The molecule has 0 aromatic carbocycles. The van der Waals surface area contributed by atoms with Crippen LogP contribution in [0.3, 0.4) is 0 Å². The van der Waals surface area contributed by atoms with Crippen molar-refractivity contribution in [1.29, 1.82) is 0 Å². The van der Waals surface area contributed by atoms with Crippen LogP contribution in [0.15, 0.2) is 0 Å². The highest BCUT2D eigenvalue weighted by Gasteiger charge is 2.27. The maximum atomic E-state index is 11.7. The third-order valence-corrected chi connectivity index (χ3v) is 2.99. The van der Waals surface area contributed by atoms with Gasteiger partial charge >= 0.3 is 11.9 Å². The van der Waals surface area contributed by atoms with Crippen molar-refractivity contribution in [2.24, 2.45) is 0 Å². The Kier molecular flexibility index (Phi) is 9.21. The summed E-state index contributed by atoms with van der Waals surface area (Å²) in [5, 5.41) is 0. The van der Waals surface area contributed by atoms with Gasteiger partial charge in [-0.2, -0.15) is 0 Å². The Labute approximate surface area is 128 Å². The predicted molar refractivity (Wildman–Crippen MR) is 81.8 cm³/mol. The average molecular weight is 303 g/mol. The summed E-state index contributed by atoms with van der Waals surface area (Å²) in [6.45, 7) is 6.61. The monoisotopic (exact) mass is 303 g/mol. The number of likely N-dealkylation sites (N-methyl/N-ethyl adjacent to an activating group) is 1. The van der Waals surface area contributed by atoms with Crippen molar-refractivity contribution in [2.75, 3.05) is 54.4 Å². The molecule has 6 heteroatoms. The summed E-state index contributed by atoms with van der Waals surface area (Å²) < 4.78 is 10.6. The van der Waals surface area contributed by atoms with Gasteiger partial charge in [0.2, 0.25) is 0 Å². The van der Waals surface area contributed by atoms with Crippen molar-refractivity contribution in [2.45, 2.75) is 32.8 Å². The maximum Gasteiger partial charge on any atom is 0.362 e. The molecule has 1 heterocycles. The molecule has 0 radical (unpaired) electrons. The molecule has 0 aromatic heterocycles. The number of methoxy groups -OCH3 is 1. The number of hydrogen-bond acceptors (Lipinski definition) is 5. The molecule has 0 saturated carbocycles. The maximum absolute atomic E-state index is 11.7. The average Bonchev–Trinajstić information content (AvgIpc) is 2.83. The molecule has 6 nitrogen and oxygen atoms in total. The second kappa shape index (κ2) is 9.73. The van der Waals surface area contributed by atoms with Gasteiger partial charge in [0.25, 0.3) is 0 Å². The summed E-state index contributed by atoms with van der Waals surface area (Å²) >= 11 is 0. The largest absolute Gasteiger partial charge is 0.469 e. The van der Waals surface area contributed by atoms with Crippen molar-refractivity contribution in [3.63, 3.8) is 0 Å². The highest BCUT2D eigenvalue weighted by atomic mass is 16.5. The molecule has 0 bridgehead atoms. The molecule has 1 fully saturated rings.